The predicted octanol–water partition coefficient (Wildman–Crippen LogP) is 6.06. The van der Waals surface area contributed by atoms with Gasteiger partial charge in [0.1, 0.15) is 20.9 Å². The topological polar surface area (TPSA) is 32.3 Å². The van der Waals surface area contributed by atoms with E-state index in [9.17, 15) is 9.50 Å². The highest BCUT2D eigenvalue weighted by Gasteiger charge is 2.27. The fourth-order valence-electron chi connectivity index (χ4n) is 2.93. The lowest BCUT2D eigenvalue weighted by atomic mass is 9.95. The largest absolute Gasteiger partial charge is 0.507 e. The summed E-state index contributed by atoms with van der Waals surface area (Å²) in [6.45, 7) is 0.424. The lowest BCUT2D eigenvalue weighted by Crippen LogP contribution is -2.12. The van der Waals surface area contributed by atoms with Gasteiger partial charge in [-0.2, -0.15) is 0 Å². The summed E-state index contributed by atoms with van der Waals surface area (Å²) in [6.07, 6.45) is 0. The van der Waals surface area contributed by atoms with Crippen LogP contribution < -0.4 is 5.32 Å². The second kappa shape index (κ2) is 5.96. The number of anilines is 1. The highest BCUT2D eigenvalue weighted by Crippen LogP contribution is 2.49. The second-order valence-corrected chi connectivity index (χ2v) is 7.13. The first-order valence-electron chi connectivity index (χ1n) is 7.45. The minimum absolute atomic E-state index is 0.149. The maximum absolute atomic E-state index is 13.5. The summed E-state index contributed by atoms with van der Waals surface area (Å²) >= 11 is 7.84. The van der Waals surface area contributed by atoms with Crippen LogP contribution in [0.5, 0.6) is 0 Å². The van der Waals surface area contributed by atoms with Gasteiger partial charge in [-0.25, -0.2) is 4.39 Å². The van der Waals surface area contributed by atoms with Gasteiger partial charge in [-0.05, 0) is 23.3 Å². The van der Waals surface area contributed by atoms with Crippen LogP contribution in [0.15, 0.2) is 54.6 Å². The van der Waals surface area contributed by atoms with Crippen molar-refractivity contribution in [3.63, 3.8) is 0 Å². The number of halogens is 2. The van der Waals surface area contributed by atoms with Crippen LogP contribution in [0.25, 0.3) is 22.5 Å². The lowest BCUT2D eigenvalue weighted by Gasteiger charge is -2.20. The summed E-state index contributed by atoms with van der Waals surface area (Å²) < 4.78 is 14.2. The van der Waals surface area contributed by atoms with E-state index in [2.05, 4.69) is 5.32 Å². The SMILES string of the molecule is OC1=C(c2cccc(F)c2)CNc2sc(Cl)c(-c3ccccc3)c21. The number of hydrogen-bond donors (Lipinski definition) is 2. The Morgan fingerprint density at radius 1 is 1.00 bits per heavy atom. The Balaban J connectivity index is 1.93. The predicted molar refractivity (Wildman–Crippen MR) is 99.1 cm³/mol. The Morgan fingerprint density at radius 3 is 2.50 bits per heavy atom. The van der Waals surface area contributed by atoms with E-state index < -0.39 is 0 Å². The highest BCUT2D eigenvalue weighted by atomic mass is 35.5. The van der Waals surface area contributed by atoms with Crippen molar-refractivity contribution >= 4 is 39.3 Å². The molecular weight excluding hydrogens is 345 g/mol. The molecule has 2 N–H and O–H groups in total. The van der Waals surface area contributed by atoms with Gasteiger partial charge in [0.15, 0.2) is 0 Å². The average molecular weight is 358 g/mol. The number of aliphatic hydroxyl groups excluding tert-OH is 1. The van der Waals surface area contributed by atoms with Gasteiger partial charge in [0.25, 0.3) is 0 Å². The third-order valence-electron chi connectivity index (χ3n) is 4.05. The van der Waals surface area contributed by atoms with Gasteiger partial charge in [0.2, 0.25) is 0 Å². The van der Waals surface area contributed by atoms with Gasteiger partial charge in [-0.3, -0.25) is 0 Å². The summed E-state index contributed by atoms with van der Waals surface area (Å²) in [5, 5.41) is 15.0. The van der Waals surface area contributed by atoms with Crippen molar-refractivity contribution in [2.45, 2.75) is 0 Å². The summed E-state index contributed by atoms with van der Waals surface area (Å²) in [6, 6.07) is 15.9. The average Bonchev–Trinajstić information content (AvgIpc) is 2.93. The van der Waals surface area contributed by atoms with E-state index >= 15 is 0 Å². The molecule has 0 bridgehead atoms. The molecule has 2 aromatic carbocycles. The molecule has 1 aliphatic heterocycles. The van der Waals surface area contributed by atoms with E-state index in [1.165, 1.54) is 23.5 Å². The molecule has 1 aliphatic rings. The van der Waals surface area contributed by atoms with Gasteiger partial charge < -0.3 is 10.4 Å². The molecule has 2 nitrogen and oxygen atoms in total. The molecule has 0 saturated heterocycles. The van der Waals surface area contributed by atoms with E-state index in [0.717, 1.165) is 16.1 Å². The van der Waals surface area contributed by atoms with E-state index in [1.807, 2.05) is 30.3 Å². The highest BCUT2D eigenvalue weighted by molar-refractivity contribution is 7.21. The molecule has 2 heterocycles. The number of rotatable bonds is 2. The van der Waals surface area contributed by atoms with Crippen molar-refractivity contribution in [1.82, 2.24) is 0 Å². The molecule has 0 spiro atoms. The fourth-order valence-corrected chi connectivity index (χ4v) is 4.32. The van der Waals surface area contributed by atoms with Crippen LogP contribution in [0.2, 0.25) is 4.34 Å². The van der Waals surface area contributed by atoms with Crippen molar-refractivity contribution in [3.8, 4) is 11.1 Å². The van der Waals surface area contributed by atoms with Crippen LogP contribution in [0, 0.1) is 5.82 Å². The molecule has 5 heteroatoms. The summed E-state index contributed by atoms with van der Waals surface area (Å²) in [5.74, 6) is -0.179. The number of thiophene rings is 1. The third-order valence-corrected chi connectivity index (χ3v) is 5.41. The summed E-state index contributed by atoms with van der Waals surface area (Å²) in [4.78, 5) is 0. The van der Waals surface area contributed by atoms with Gasteiger partial charge in [-0.1, -0.05) is 54.1 Å². The molecule has 3 aromatic rings. The maximum Gasteiger partial charge on any atom is 0.132 e. The van der Waals surface area contributed by atoms with Crippen LogP contribution in [-0.4, -0.2) is 11.7 Å². The number of hydrogen-bond acceptors (Lipinski definition) is 3. The smallest absolute Gasteiger partial charge is 0.132 e. The number of benzene rings is 2. The monoisotopic (exact) mass is 357 g/mol. The maximum atomic E-state index is 13.5. The molecule has 0 fully saturated rings. The van der Waals surface area contributed by atoms with Gasteiger partial charge in [0, 0.05) is 17.7 Å². The number of nitrogens with one attached hydrogen (secondary N) is 1. The zero-order valence-corrected chi connectivity index (χ0v) is 14.1. The Kier molecular flexibility index (Phi) is 3.79. The van der Waals surface area contributed by atoms with Crippen molar-refractivity contribution in [2.24, 2.45) is 0 Å². The van der Waals surface area contributed by atoms with E-state index in [4.69, 9.17) is 11.6 Å². The zero-order chi connectivity index (χ0) is 16.7. The van der Waals surface area contributed by atoms with Crippen LogP contribution in [0.4, 0.5) is 9.39 Å². The van der Waals surface area contributed by atoms with Crippen molar-refractivity contribution in [3.05, 3.63) is 75.9 Å². The first-order valence-corrected chi connectivity index (χ1v) is 8.64. The first-order chi connectivity index (χ1) is 11.6. The van der Waals surface area contributed by atoms with E-state index in [0.29, 0.717) is 27.6 Å². The molecule has 0 atom stereocenters. The van der Waals surface area contributed by atoms with Crippen molar-refractivity contribution in [1.29, 1.82) is 0 Å². The fraction of sp³-hybridized carbons (Fsp3) is 0.0526. The van der Waals surface area contributed by atoms with Crippen LogP contribution in [-0.2, 0) is 0 Å². The molecular formula is C19H13ClFNOS. The molecule has 4 rings (SSSR count). The quantitative estimate of drug-likeness (QED) is 0.584. The van der Waals surface area contributed by atoms with E-state index in [1.54, 1.807) is 12.1 Å². The normalized spacial score (nSPS) is 13.6. The zero-order valence-electron chi connectivity index (χ0n) is 12.5. The number of fused-ring (bicyclic) bond motifs is 1. The van der Waals surface area contributed by atoms with Crippen molar-refractivity contribution in [2.75, 3.05) is 11.9 Å². The molecule has 0 aliphatic carbocycles. The minimum Gasteiger partial charge on any atom is -0.507 e. The number of aliphatic hydroxyl groups is 1. The molecule has 0 unspecified atom stereocenters. The van der Waals surface area contributed by atoms with Crippen LogP contribution >= 0.6 is 22.9 Å². The Labute approximate surface area is 147 Å². The van der Waals surface area contributed by atoms with Gasteiger partial charge in [0.05, 0.1) is 5.56 Å². The minimum atomic E-state index is -0.328. The van der Waals surface area contributed by atoms with Gasteiger partial charge >= 0.3 is 0 Å². The summed E-state index contributed by atoms with van der Waals surface area (Å²) in [5.41, 5.74) is 3.74. The first kappa shape index (κ1) is 15.2. The standard InChI is InChI=1S/C19H13ClFNOS/c20-18-15(11-5-2-1-3-6-11)16-17(23)14(10-22-19(16)24-18)12-7-4-8-13(21)9-12/h1-9,22-23H,10H2. The third kappa shape index (κ3) is 2.48. The van der Waals surface area contributed by atoms with Crippen molar-refractivity contribution < 1.29 is 9.50 Å². The Morgan fingerprint density at radius 2 is 1.75 bits per heavy atom. The lowest BCUT2D eigenvalue weighted by molar-refractivity contribution is 0.512. The molecule has 0 saturated carbocycles. The molecule has 1 aromatic heterocycles. The second-order valence-electron chi connectivity index (χ2n) is 5.51. The molecule has 0 radical (unpaired) electrons. The molecule has 120 valence electrons. The van der Waals surface area contributed by atoms with Crippen LogP contribution in [0.1, 0.15) is 11.1 Å². The molecule has 0 amide bonds. The molecule has 24 heavy (non-hydrogen) atoms. The van der Waals surface area contributed by atoms with Gasteiger partial charge in [-0.15, -0.1) is 11.3 Å². The van der Waals surface area contributed by atoms with E-state index in [-0.39, 0.29) is 11.6 Å². The summed E-state index contributed by atoms with van der Waals surface area (Å²) in [7, 11) is 0. The Hall–Kier alpha value is -2.30. The van der Waals surface area contributed by atoms with Crippen LogP contribution in [0.3, 0.4) is 0 Å². The Bertz CT molecular complexity index is 949.